The standard InChI is InChI=1S/C12H23NO3/c1-5-9(3)7-10(14)13-8-12(4,6-2)11(15)16/h9H,5-8H2,1-4H3,(H,13,14)(H,15,16). The van der Waals surface area contributed by atoms with Crippen molar-refractivity contribution in [2.75, 3.05) is 6.54 Å². The van der Waals surface area contributed by atoms with Crippen LogP contribution in [0.3, 0.4) is 0 Å². The zero-order valence-corrected chi connectivity index (χ0v) is 10.7. The van der Waals surface area contributed by atoms with Gasteiger partial charge in [0.2, 0.25) is 5.91 Å². The highest BCUT2D eigenvalue weighted by atomic mass is 16.4. The van der Waals surface area contributed by atoms with Crippen molar-refractivity contribution in [3.63, 3.8) is 0 Å². The van der Waals surface area contributed by atoms with Crippen LogP contribution in [0.5, 0.6) is 0 Å². The van der Waals surface area contributed by atoms with Gasteiger partial charge in [-0.15, -0.1) is 0 Å². The average Bonchev–Trinajstić information content (AvgIpc) is 2.25. The first-order chi connectivity index (χ1) is 7.35. The van der Waals surface area contributed by atoms with Crippen molar-refractivity contribution in [3.8, 4) is 0 Å². The van der Waals surface area contributed by atoms with E-state index in [1.807, 2.05) is 20.8 Å². The van der Waals surface area contributed by atoms with Gasteiger partial charge in [0.1, 0.15) is 0 Å². The van der Waals surface area contributed by atoms with Crippen molar-refractivity contribution in [2.45, 2.75) is 47.0 Å². The SMILES string of the molecule is CCC(C)CC(=O)NCC(C)(CC)C(=O)O. The third-order valence-corrected chi connectivity index (χ3v) is 3.20. The van der Waals surface area contributed by atoms with Crippen molar-refractivity contribution in [3.05, 3.63) is 0 Å². The number of carboxylic acid groups (broad SMARTS) is 1. The lowest BCUT2D eigenvalue weighted by molar-refractivity contribution is -0.148. The van der Waals surface area contributed by atoms with E-state index in [0.717, 1.165) is 6.42 Å². The Kier molecular flexibility index (Phi) is 6.08. The third kappa shape index (κ3) is 4.64. The largest absolute Gasteiger partial charge is 0.481 e. The molecule has 0 aliphatic heterocycles. The van der Waals surface area contributed by atoms with E-state index < -0.39 is 11.4 Å². The molecule has 0 aliphatic rings. The molecular formula is C12H23NO3. The first-order valence-corrected chi connectivity index (χ1v) is 5.85. The van der Waals surface area contributed by atoms with Gasteiger partial charge in [0, 0.05) is 13.0 Å². The Balaban J connectivity index is 4.13. The molecule has 2 unspecified atom stereocenters. The predicted octanol–water partition coefficient (Wildman–Crippen LogP) is 2.04. The number of amides is 1. The molecule has 4 heteroatoms. The lowest BCUT2D eigenvalue weighted by Gasteiger charge is -2.23. The lowest BCUT2D eigenvalue weighted by Crippen LogP contribution is -2.40. The molecule has 0 saturated carbocycles. The van der Waals surface area contributed by atoms with Crippen LogP contribution < -0.4 is 5.32 Å². The zero-order valence-electron chi connectivity index (χ0n) is 10.7. The Labute approximate surface area is 97.4 Å². The molecule has 0 rings (SSSR count). The second-order valence-corrected chi connectivity index (χ2v) is 4.71. The molecular weight excluding hydrogens is 206 g/mol. The monoisotopic (exact) mass is 229 g/mol. The normalized spacial score (nSPS) is 16.2. The minimum absolute atomic E-state index is 0.0599. The number of aliphatic carboxylic acids is 1. The summed E-state index contributed by atoms with van der Waals surface area (Å²) in [6.07, 6.45) is 1.93. The van der Waals surface area contributed by atoms with Gasteiger partial charge in [-0.05, 0) is 19.3 Å². The van der Waals surface area contributed by atoms with E-state index in [-0.39, 0.29) is 12.5 Å². The Morgan fingerprint density at radius 2 is 1.94 bits per heavy atom. The number of nitrogens with one attached hydrogen (secondary N) is 1. The zero-order chi connectivity index (χ0) is 12.8. The van der Waals surface area contributed by atoms with Crippen LogP contribution in [0.2, 0.25) is 0 Å². The van der Waals surface area contributed by atoms with Crippen LogP contribution >= 0.6 is 0 Å². The van der Waals surface area contributed by atoms with E-state index in [0.29, 0.717) is 18.8 Å². The van der Waals surface area contributed by atoms with Gasteiger partial charge in [0.05, 0.1) is 5.41 Å². The van der Waals surface area contributed by atoms with E-state index in [2.05, 4.69) is 5.32 Å². The molecule has 16 heavy (non-hydrogen) atoms. The summed E-state index contributed by atoms with van der Waals surface area (Å²) < 4.78 is 0. The quantitative estimate of drug-likeness (QED) is 0.702. The molecule has 0 fully saturated rings. The third-order valence-electron chi connectivity index (χ3n) is 3.20. The topological polar surface area (TPSA) is 66.4 Å². The second kappa shape index (κ2) is 6.51. The van der Waals surface area contributed by atoms with Gasteiger partial charge in [0.15, 0.2) is 0 Å². The van der Waals surface area contributed by atoms with Gasteiger partial charge in [-0.2, -0.15) is 0 Å². The second-order valence-electron chi connectivity index (χ2n) is 4.71. The minimum Gasteiger partial charge on any atom is -0.481 e. The minimum atomic E-state index is -0.862. The lowest BCUT2D eigenvalue weighted by atomic mass is 9.87. The van der Waals surface area contributed by atoms with Crippen molar-refractivity contribution in [1.82, 2.24) is 5.32 Å². The molecule has 0 aromatic carbocycles. The Bertz CT molecular complexity index is 253. The number of carboxylic acids is 1. The first-order valence-electron chi connectivity index (χ1n) is 5.85. The van der Waals surface area contributed by atoms with Gasteiger partial charge in [-0.3, -0.25) is 9.59 Å². The number of hydrogen-bond donors (Lipinski definition) is 2. The van der Waals surface area contributed by atoms with E-state index in [1.54, 1.807) is 6.92 Å². The van der Waals surface area contributed by atoms with Crippen molar-refractivity contribution in [1.29, 1.82) is 0 Å². The van der Waals surface area contributed by atoms with E-state index in [4.69, 9.17) is 5.11 Å². The predicted molar refractivity (Wildman–Crippen MR) is 63.1 cm³/mol. The summed E-state index contributed by atoms with van der Waals surface area (Å²) in [4.78, 5) is 22.5. The maximum absolute atomic E-state index is 11.5. The van der Waals surface area contributed by atoms with Gasteiger partial charge in [-0.1, -0.05) is 27.2 Å². The summed E-state index contributed by atoms with van der Waals surface area (Å²) in [6, 6.07) is 0. The fraction of sp³-hybridized carbons (Fsp3) is 0.833. The number of hydrogen-bond acceptors (Lipinski definition) is 2. The van der Waals surface area contributed by atoms with Crippen LogP contribution in [0.15, 0.2) is 0 Å². The molecule has 94 valence electrons. The van der Waals surface area contributed by atoms with Crippen LogP contribution in [0.1, 0.15) is 47.0 Å². The summed E-state index contributed by atoms with van der Waals surface area (Å²) in [7, 11) is 0. The molecule has 2 N–H and O–H groups in total. The van der Waals surface area contributed by atoms with Crippen LogP contribution in [0, 0.1) is 11.3 Å². The van der Waals surface area contributed by atoms with Crippen LogP contribution in [0.4, 0.5) is 0 Å². The molecule has 0 aromatic rings. The van der Waals surface area contributed by atoms with Gasteiger partial charge in [0.25, 0.3) is 0 Å². The summed E-state index contributed by atoms with van der Waals surface area (Å²) in [5, 5.41) is 11.7. The van der Waals surface area contributed by atoms with Crippen LogP contribution in [-0.4, -0.2) is 23.5 Å². The highest BCUT2D eigenvalue weighted by Crippen LogP contribution is 2.20. The molecule has 4 nitrogen and oxygen atoms in total. The van der Waals surface area contributed by atoms with Crippen molar-refractivity contribution in [2.24, 2.45) is 11.3 Å². The first kappa shape index (κ1) is 14.9. The van der Waals surface area contributed by atoms with Crippen molar-refractivity contribution >= 4 is 11.9 Å². The Hall–Kier alpha value is -1.06. The molecule has 2 atom stereocenters. The Morgan fingerprint density at radius 3 is 2.31 bits per heavy atom. The number of rotatable bonds is 7. The fourth-order valence-electron chi connectivity index (χ4n) is 1.18. The Morgan fingerprint density at radius 1 is 1.38 bits per heavy atom. The number of carbonyl (C=O) groups excluding carboxylic acids is 1. The molecule has 1 amide bonds. The summed E-state index contributed by atoms with van der Waals surface area (Å²) >= 11 is 0. The summed E-state index contributed by atoms with van der Waals surface area (Å²) in [5.74, 6) is -0.577. The van der Waals surface area contributed by atoms with Crippen LogP contribution in [-0.2, 0) is 9.59 Å². The van der Waals surface area contributed by atoms with E-state index in [1.165, 1.54) is 0 Å². The summed E-state index contributed by atoms with van der Waals surface area (Å²) in [5.41, 5.74) is -0.856. The van der Waals surface area contributed by atoms with Crippen molar-refractivity contribution < 1.29 is 14.7 Å². The molecule has 0 saturated heterocycles. The van der Waals surface area contributed by atoms with Gasteiger partial charge in [-0.25, -0.2) is 0 Å². The van der Waals surface area contributed by atoms with Gasteiger partial charge >= 0.3 is 5.97 Å². The van der Waals surface area contributed by atoms with Crippen LogP contribution in [0.25, 0.3) is 0 Å². The maximum Gasteiger partial charge on any atom is 0.311 e. The summed E-state index contributed by atoms with van der Waals surface area (Å²) in [6.45, 7) is 7.71. The molecule has 0 spiro atoms. The highest BCUT2D eigenvalue weighted by Gasteiger charge is 2.31. The van der Waals surface area contributed by atoms with E-state index in [9.17, 15) is 9.59 Å². The maximum atomic E-state index is 11.5. The molecule has 0 aliphatic carbocycles. The smallest absolute Gasteiger partial charge is 0.311 e. The highest BCUT2D eigenvalue weighted by molar-refractivity contribution is 5.78. The molecule has 0 radical (unpaired) electrons. The molecule has 0 heterocycles. The fourth-order valence-corrected chi connectivity index (χ4v) is 1.18. The molecule has 0 aromatic heterocycles. The van der Waals surface area contributed by atoms with E-state index >= 15 is 0 Å². The number of carbonyl (C=O) groups is 2. The average molecular weight is 229 g/mol. The van der Waals surface area contributed by atoms with Gasteiger partial charge < -0.3 is 10.4 Å². The molecule has 0 bridgehead atoms.